The molecule has 1 N–H and O–H groups in total. The van der Waals surface area contributed by atoms with E-state index in [2.05, 4.69) is 15.3 Å². The van der Waals surface area contributed by atoms with E-state index in [1.165, 1.54) is 0 Å². The molecule has 1 saturated heterocycles. The molecule has 1 fully saturated rings. The third kappa shape index (κ3) is 3.20. The molecule has 24 heavy (non-hydrogen) atoms. The summed E-state index contributed by atoms with van der Waals surface area (Å²) < 4.78 is 0. The van der Waals surface area contributed by atoms with E-state index < -0.39 is 0 Å². The Labute approximate surface area is 141 Å². The maximum atomic E-state index is 12.3. The predicted molar refractivity (Wildman–Crippen MR) is 89.9 cm³/mol. The zero-order chi connectivity index (χ0) is 16.9. The van der Waals surface area contributed by atoms with Crippen LogP contribution in [0.4, 0.5) is 5.69 Å². The van der Waals surface area contributed by atoms with Gasteiger partial charge in [0, 0.05) is 49.7 Å². The van der Waals surface area contributed by atoms with Gasteiger partial charge in [-0.3, -0.25) is 9.78 Å². The van der Waals surface area contributed by atoms with Crippen molar-refractivity contribution in [1.82, 2.24) is 14.9 Å². The minimum atomic E-state index is 0.0287. The minimum Gasteiger partial charge on any atom is -0.385 e. The standard InChI is InChI=1S/C18H19N5O/c1-2-23-17(24)8-14(18(23)13-4-3-6-20-11-13)12-22-15-5-7-21-16(9-15)10-19/h3-7,9,11,14,18H,2,8,12H2,1H3,(H,21,22)/t14-,18-/m0/s1. The summed E-state index contributed by atoms with van der Waals surface area (Å²) in [6.45, 7) is 3.33. The highest BCUT2D eigenvalue weighted by atomic mass is 16.2. The topological polar surface area (TPSA) is 81.9 Å². The highest BCUT2D eigenvalue weighted by Gasteiger charge is 2.39. The fourth-order valence-electron chi connectivity index (χ4n) is 3.27. The number of aromatic nitrogens is 2. The largest absolute Gasteiger partial charge is 0.385 e. The average molecular weight is 321 g/mol. The van der Waals surface area contributed by atoms with Gasteiger partial charge in [-0.2, -0.15) is 5.26 Å². The molecule has 0 unspecified atom stereocenters. The van der Waals surface area contributed by atoms with Crippen molar-refractivity contribution in [3.8, 4) is 6.07 Å². The number of nitriles is 1. The van der Waals surface area contributed by atoms with E-state index in [-0.39, 0.29) is 17.9 Å². The molecule has 1 aliphatic rings. The van der Waals surface area contributed by atoms with Crippen LogP contribution in [0.2, 0.25) is 0 Å². The number of hydrogen-bond acceptors (Lipinski definition) is 5. The van der Waals surface area contributed by atoms with E-state index in [9.17, 15) is 4.79 Å². The van der Waals surface area contributed by atoms with Crippen molar-refractivity contribution >= 4 is 11.6 Å². The van der Waals surface area contributed by atoms with Crippen molar-refractivity contribution in [2.45, 2.75) is 19.4 Å². The molecular weight excluding hydrogens is 302 g/mol. The van der Waals surface area contributed by atoms with Gasteiger partial charge >= 0.3 is 0 Å². The molecule has 1 amide bonds. The van der Waals surface area contributed by atoms with Crippen molar-refractivity contribution in [3.05, 3.63) is 54.1 Å². The van der Waals surface area contributed by atoms with Gasteiger partial charge in [-0.1, -0.05) is 6.07 Å². The molecule has 2 atom stereocenters. The van der Waals surface area contributed by atoms with Crippen LogP contribution >= 0.6 is 0 Å². The molecule has 2 aromatic heterocycles. The molecular formula is C18H19N5O. The van der Waals surface area contributed by atoms with E-state index in [4.69, 9.17) is 5.26 Å². The van der Waals surface area contributed by atoms with Gasteiger partial charge in [0.05, 0.1) is 6.04 Å². The third-order valence-electron chi connectivity index (χ3n) is 4.35. The smallest absolute Gasteiger partial charge is 0.223 e. The highest BCUT2D eigenvalue weighted by Crippen LogP contribution is 2.37. The zero-order valence-electron chi connectivity index (χ0n) is 13.5. The van der Waals surface area contributed by atoms with Crippen LogP contribution in [0.3, 0.4) is 0 Å². The Morgan fingerprint density at radius 1 is 1.42 bits per heavy atom. The van der Waals surface area contributed by atoms with Gasteiger partial charge in [0.1, 0.15) is 11.8 Å². The molecule has 0 saturated carbocycles. The molecule has 0 spiro atoms. The molecule has 1 aliphatic heterocycles. The van der Waals surface area contributed by atoms with Crippen LogP contribution < -0.4 is 5.32 Å². The van der Waals surface area contributed by atoms with Crippen molar-refractivity contribution in [3.63, 3.8) is 0 Å². The monoisotopic (exact) mass is 321 g/mol. The number of anilines is 1. The van der Waals surface area contributed by atoms with Gasteiger partial charge in [0.15, 0.2) is 0 Å². The number of likely N-dealkylation sites (tertiary alicyclic amines) is 1. The SMILES string of the molecule is CCN1C(=O)C[C@@H](CNc2ccnc(C#N)c2)[C@@H]1c1cccnc1. The van der Waals surface area contributed by atoms with Crippen LogP contribution in [0.25, 0.3) is 0 Å². The number of carbonyl (C=O) groups is 1. The third-order valence-corrected chi connectivity index (χ3v) is 4.35. The van der Waals surface area contributed by atoms with E-state index in [0.717, 1.165) is 11.3 Å². The Kier molecular flexibility index (Phi) is 4.71. The lowest BCUT2D eigenvalue weighted by Gasteiger charge is -2.27. The summed E-state index contributed by atoms with van der Waals surface area (Å²) in [5.74, 6) is 0.325. The molecule has 122 valence electrons. The number of nitrogens with one attached hydrogen (secondary N) is 1. The summed E-state index contributed by atoms with van der Waals surface area (Å²) in [6, 6.07) is 9.52. The fourth-order valence-corrected chi connectivity index (χ4v) is 3.27. The number of amides is 1. The molecule has 3 rings (SSSR count). The molecule has 0 aliphatic carbocycles. The zero-order valence-corrected chi connectivity index (χ0v) is 13.5. The lowest BCUT2D eigenvalue weighted by molar-refractivity contribution is -0.128. The number of nitrogens with zero attached hydrogens (tertiary/aromatic N) is 4. The van der Waals surface area contributed by atoms with Crippen molar-refractivity contribution in [1.29, 1.82) is 5.26 Å². The Balaban J connectivity index is 1.78. The van der Waals surface area contributed by atoms with E-state index in [1.807, 2.05) is 42.3 Å². The van der Waals surface area contributed by atoms with Gasteiger partial charge in [0.25, 0.3) is 0 Å². The van der Waals surface area contributed by atoms with Crippen LogP contribution in [0.15, 0.2) is 42.9 Å². The fraction of sp³-hybridized carbons (Fsp3) is 0.333. The van der Waals surface area contributed by atoms with Crippen LogP contribution in [-0.4, -0.2) is 33.9 Å². The quantitative estimate of drug-likeness (QED) is 0.914. The molecule has 6 heteroatoms. The maximum absolute atomic E-state index is 12.3. The van der Waals surface area contributed by atoms with Crippen LogP contribution in [-0.2, 0) is 4.79 Å². The Morgan fingerprint density at radius 2 is 2.29 bits per heavy atom. The number of carbonyl (C=O) groups excluding carboxylic acids is 1. The lowest BCUT2D eigenvalue weighted by Crippen LogP contribution is -2.30. The second-order valence-electron chi connectivity index (χ2n) is 5.80. The summed E-state index contributed by atoms with van der Waals surface area (Å²) in [5, 5.41) is 12.3. The summed E-state index contributed by atoms with van der Waals surface area (Å²) >= 11 is 0. The van der Waals surface area contributed by atoms with E-state index >= 15 is 0 Å². The minimum absolute atomic E-state index is 0.0287. The molecule has 0 aromatic carbocycles. The first kappa shape index (κ1) is 15.9. The van der Waals surface area contributed by atoms with E-state index in [1.54, 1.807) is 18.5 Å². The normalized spacial score (nSPS) is 20.0. The first-order valence-corrected chi connectivity index (χ1v) is 8.02. The molecule has 2 aromatic rings. The van der Waals surface area contributed by atoms with Crippen molar-refractivity contribution in [2.24, 2.45) is 5.92 Å². The first-order valence-electron chi connectivity index (χ1n) is 8.02. The van der Waals surface area contributed by atoms with Gasteiger partial charge in [-0.05, 0) is 30.7 Å². The Morgan fingerprint density at radius 3 is 3.00 bits per heavy atom. The molecule has 0 bridgehead atoms. The first-order chi connectivity index (χ1) is 11.7. The van der Waals surface area contributed by atoms with E-state index in [0.29, 0.717) is 25.2 Å². The molecule has 3 heterocycles. The summed E-state index contributed by atoms with van der Waals surface area (Å²) in [7, 11) is 0. The Bertz CT molecular complexity index is 756. The van der Waals surface area contributed by atoms with Crippen LogP contribution in [0.1, 0.15) is 30.6 Å². The summed E-state index contributed by atoms with van der Waals surface area (Å²) in [4.78, 5) is 22.4. The van der Waals surface area contributed by atoms with Gasteiger partial charge in [-0.15, -0.1) is 0 Å². The van der Waals surface area contributed by atoms with Gasteiger partial charge < -0.3 is 10.2 Å². The summed E-state index contributed by atoms with van der Waals surface area (Å²) in [5.41, 5.74) is 2.28. The van der Waals surface area contributed by atoms with Gasteiger partial charge in [-0.25, -0.2) is 4.98 Å². The van der Waals surface area contributed by atoms with Crippen molar-refractivity contribution < 1.29 is 4.79 Å². The van der Waals surface area contributed by atoms with Crippen molar-refractivity contribution in [2.75, 3.05) is 18.4 Å². The maximum Gasteiger partial charge on any atom is 0.223 e. The summed E-state index contributed by atoms with van der Waals surface area (Å²) in [6.07, 6.45) is 5.69. The number of rotatable bonds is 5. The second kappa shape index (κ2) is 7.09. The number of hydrogen-bond donors (Lipinski definition) is 1. The Hall–Kier alpha value is -2.94. The van der Waals surface area contributed by atoms with Crippen LogP contribution in [0.5, 0.6) is 0 Å². The molecule has 6 nitrogen and oxygen atoms in total. The predicted octanol–water partition coefficient (Wildman–Crippen LogP) is 2.37. The average Bonchev–Trinajstić information content (AvgIpc) is 2.96. The lowest BCUT2D eigenvalue weighted by atomic mass is 9.94. The highest BCUT2D eigenvalue weighted by molar-refractivity contribution is 5.79. The second-order valence-corrected chi connectivity index (χ2v) is 5.80. The molecule has 0 radical (unpaired) electrons. The number of pyridine rings is 2. The van der Waals surface area contributed by atoms with Gasteiger partial charge in [0.2, 0.25) is 5.91 Å². The van der Waals surface area contributed by atoms with Crippen LogP contribution in [0, 0.1) is 17.2 Å².